The first kappa shape index (κ1) is 40.5. The Labute approximate surface area is 318 Å². The minimum absolute atomic E-state index is 0.00867. The van der Waals surface area contributed by atoms with Crippen LogP contribution in [0.25, 0.3) is 11.3 Å². The predicted molar refractivity (Wildman–Crippen MR) is 198 cm³/mol. The number of aromatic nitrogens is 5. The number of esters is 1. The van der Waals surface area contributed by atoms with Gasteiger partial charge in [0.05, 0.1) is 25.3 Å². The summed E-state index contributed by atoms with van der Waals surface area (Å²) in [6.45, 7) is 6.37. The first-order chi connectivity index (χ1) is 26.4. The van der Waals surface area contributed by atoms with Gasteiger partial charge in [0.15, 0.2) is 11.6 Å². The summed E-state index contributed by atoms with van der Waals surface area (Å²) in [4.78, 5) is 63.1. The van der Waals surface area contributed by atoms with Crippen molar-refractivity contribution in [3.05, 3.63) is 78.3 Å². The van der Waals surface area contributed by atoms with Crippen LogP contribution in [-0.4, -0.2) is 103 Å². The molecule has 0 saturated carbocycles. The first-order valence-corrected chi connectivity index (χ1v) is 18.3. The van der Waals surface area contributed by atoms with E-state index in [0.29, 0.717) is 36.5 Å². The van der Waals surface area contributed by atoms with Crippen LogP contribution in [0, 0.1) is 11.8 Å². The number of halogens is 1. The Kier molecular flexibility index (Phi) is 14.0. The van der Waals surface area contributed by atoms with E-state index in [9.17, 15) is 28.7 Å². The van der Waals surface area contributed by atoms with E-state index in [-0.39, 0.29) is 62.3 Å². The molecule has 5 N–H and O–H groups in total. The summed E-state index contributed by atoms with van der Waals surface area (Å²) in [6, 6.07) is 2.52. The number of pyridine rings is 1. The third kappa shape index (κ3) is 11.6. The lowest BCUT2D eigenvalue weighted by atomic mass is 9.89. The number of cyclic esters (lactones) is 1. The van der Waals surface area contributed by atoms with Crippen LogP contribution in [0.15, 0.2) is 71.2 Å². The van der Waals surface area contributed by atoms with Gasteiger partial charge in [0.25, 0.3) is 5.91 Å². The molecule has 5 atom stereocenters. The third-order valence-corrected chi connectivity index (χ3v) is 9.21. The van der Waals surface area contributed by atoms with E-state index in [4.69, 9.17) is 14.9 Å². The summed E-state index contributed by atoms with van der Waals surface area (Å²) in [6.07, 6.45) is 9.01. The van der Waals surface area contributed by atoms with Gasteiger partial charge < -0.3 is 35.5 Å². The topological polar surface area (TPSA) is 221 Å². The molecule has 55 heavy (non-hydrogen) atoms. The molecule has 0 spiro atoms. The Morgan fingerprint density at radius 2 is 2.02 bits per heavy atom. The number of nitrogens with one attached hydrogen (secondary N) is 2. The lowest BCUT2D eigenvalue weighted by Crippen LogP contribution is -2.44. The van der Waals surface area contributed by atoms with Crippen molar-refractivity contribution in [3.63, 3.8) is 0 Å². The Balaban J connectivity index is 1.32. The van der Waals surface area contributed by atoms with Crippen molar-refractivity contribution in [1.82, 2.24) is 40.5 Å². The third-order valence-electron chi connectivity index (χ3n) is 9.21. The van der Waals surface area contributed by atoms with E-state index < -0.39 is 48.1 Å². The maximum absolute atomic E-state index is 14.8. The van der Waals surface area contributed by atoms with Crippen LogP contribution in [0.2, 0.25) is 0 Å². The molecule has 17 heteroatoms. The maximum Gasteiger partial charge on any atom is 0.329 e. The molecule has 5 unspecified atom stereocenters. The molecule has 3 aromatic rings. The number of aliphatic hydroxyl groups excluding tert-OH is 1. The van der Waals surface area contributed by atoms with Crippen molar-refractivity contribution in [3.8, 4) is 11.3 Å². The Morgan fingerprint density at radius 1 is 1.20 bits per heavy atom. The number of carbonyl (C=O) groups is 4. The van der Waals surface area contributed by atoms with Gasteiger partial charge in [-0.1, -0.05) is 48.9 Å². The molecule has 0 radical (unpaired) electrons. The zero-order chi connectivity index (χ0) is 39.5. The first-order valence-electron chi connectivity index (χ1n) is 18.3. The summed E-state index contributed by atoms with van der Waals surface area (Å²) >= 11 is 0. The van der Waals surface area contributed by atoms with E-state index >= 15 is 0 Å². The summed E-state index contributed by atoms with van der Waals surface area (Å²) in [5.41, 5.74) is 7.59. The van der Waals surface area contributed by atoms with Crippen LogP contribution in [0.4, 0.5) is 10.2 Å². The number of alkyl halides is 1. The highest BCUT2D eigenvalue weighted by Gasteiger charge is 2.39. The van der Waals surface area contributed by atoms with Crippen LogP contribution in [0.5, 0.6) is 0 Å². The van der Waals surface area contributed by atoms with E-state index in [2.05, 4.69) is 30.9 Å². The van der Waals surface area contributed by atoms with E-state index in [0.717, 1.165) is 11.8 Å². The van der Waals surface area contributed by atoms with Crippen molar-refractivity contribution in [2.45, 2.75) is 83.8 Å². The molecule has 2 aliphatic heterocycles. The number of ether oxygens (including phenoxy) is 1. The number of fused-ring (bicyclic) bond motifs is 3. The normalized spacial score (nSPS) is 25.3. The molecule has 2 bridgehead atoms. The fourth-order valence-corrected chi connectivity index (χ4v) is 6.46. The average molecular weight is 762 g/mol. The highest BCUT2D eigenvalue weighted by molar-refractivity contribution is 5.95. The Hall–Kier alpha value is -5.71. The SMILES string of the molecule is CC1=C\C(O)CC(F)Cc2nc(co2)C(=O)N2CCCC2C(=O)OC(C(C)C)C(CC(=O)NCCn2cc(-c3ccc(N)nc3)nn2)/C=C/C(=O)NC\C=C\1. The number of allylic oxidation sites excluding steroid dienone is 2. The summed E-state index contributed by atoms with van der Waals surface area (Å²) in [7, 11) is 0. The molecule has 1 fully saturated rings. The van der Waals surface area contributed by atoms with Crippen molar-refractivity contribution >= 4 is 29.5 Å². The van der Waals surface area contributed by atoms with Crippen LogP contribution in [-0.2, 0) is 32.1 Å². The van der Waals surface area contributed by atoms with Crippen LogP contribution < -0.4 is 16.4 Å². The number of rotatable bonds is 7. The molecular formula is C38H48FN9O7. The zero-order valence-electron chi connectivity index (χ0n) is 31.1. The number of anilines is 1. The van der Waals surface area contributed by atoms with E-state index in [1.54, 1.807) is 54.4 Å². The minimum Gasteiger partial charge on any atom is -0.460 e. The zero-order valence-corrected chi connectivity index (χ0v) is 31.1. The van der Waals surface area contributed by atoms with Gasteiger partial charge in [-0.05, 0) is 43.9 Å². The van der Waals surface area contributed by atoms with Gasteiger partial charge in [-0.25, -0.2) is 19.2 Å². The minimum atomic E-state index is -1.50. The molecule has 5 rings (SSSR count). The van der Waals surface area contributed by atoms with E-state index in [1.807, 2.05) is 13.8 Å². The predicted octanol–water partition coefficient (Wildman–Crippen LogP) is 2.73. The summed E-state index contributed by atoms with van der Waals surface area (Å²) in [5, 5.41) is 24.3. The quantitative estimate of drug-likeness (QED) is 0.256. The molecular weight excluding hydrogens is 713 g/mol. The second-order valence-corrected chi connectivity index (χ2v) is 14.0. The highest BCUT2D eigenvalue weighted by atomic mass is 19.1. The summed E-state index contributed by atoms with van der Waals surface area (Å²) < 4.78 is 27.9. The van der Waals surface area contributed by atoms with Gasteiger partial charge in [0.1, 0.15) is 36.1 Å². The molecule has 2 aliphatic rings. The van der Waals surface area contributed by atoms with Crippen molar-refractivity contribution in [2.75, 3.05) is 25.4 Å². The fourth-order valence-electron chi connectivity index (χ4n) is 6.46. The standard InChI is InChI=1S/C38H48FN9O7/c1-23(2)36-25(17-34(51)42-13-15-47-21-29(45-46-47)26-8-10-32(40)43-20-26)9-11-33(50)41-12-4-6-24(3)16-28(49)18-27(39)19-35-44-30(22-54-35)37(52)48-14-5-7-31(48)38(53)55-36/h4,6,8-11,16,20-23,25,27-28,31,36,49H,5,7,12-15,17-19H2,1-3H3,(H2,40,43)(H,41,50)(H,42,51)/b6-4+,11-9+,24-16+. The second kappa shape index (κ2) is 19.1. The molecule has 0 aliphatic carbocycles. The molecule has 3 aromatic heterocycles. The lowest BCUT2D eigenvalue weighted by Gasteiger charge is -2.30. The molecule has 1 saturated heterocycles. The number of carbonyl (C=O) groups excluding carboxylic acids is 4. The number of aliphatic hydroxyl groups is 1. The molecule has 16 nitrogen and oxygen atoms in total. The number of nitrogen functional groups attached to an aromatic ring is 1. The highest BCUT2D eigenvalue weighted by Crippen LogP contribution is 2.27. The van der Waals surface area contributed by atoms with Crippen molar-refractivity contribution in [2.24, 2.45) is 11.8 Å². The van der Waals surface area contributed by atoms with Gasteiger partial charge >= 0.3 is 5.97 Å². The number of oxazole rings is 1. The number of nitrogens with two attached hydrogens (primary N) is 1. The average Bonchev–Trinajstić information content (AvgIpc) is 3.92. The fraction of sp³-hybridized carbons (Fsp3) is 0.474. The van der Waals surface area contributed by atoms with Gasteiger partial charge in [-0.15, -0.1) is 5.10 Å². The van der Waals surface area contributed by atoms with Gasteiger partial charge in [0.2, 0.25) is 11.8 Å². The maximum atomic E-state index is 14.8. The van der Waals surface area contributed by atoms with Crippen LogP contribution in [0.3, 0.4) is 0 Å². The second-order valence-electron chi connectivity index (χ2n) is 14.0. The smallest absolute Gasteiger partial charge is 0.329 e. The van der Waals surface area contributed by atoms with E-state index in [1.165, 1.54) is 17.1 Å². The van der Waals surface area contributed by atoms with Gasteiger partial charge in [-0.3, -0.25) is 19.1 Å². The molecule has 5 heterocycles. The van der Waals surface area contributed by atoms with Crippen LogP contribution in [0.1, 0.15) is 62.8 Å². The van der Waals surface area contributed by atoms with Gasteiger partial charge in [-0.2, -0.15) is 0 Å². The molecule has 0 aromatic carbocycles. The molecule has 294 valence electrons. The van der Waals surface area contributed by atoms with Crippen molar-refractivity contribution < 1.29 is 37.8 Å². The number of amides is 3. The monoisotopic (exact) mass is 761 g/mol. The number of nitrogens with zero attached hydrogens (tertiary/aromatic N) is 6. The van der Waals surface area contributed by atoms with Crippen LogP contribution >= 0.6 is 0 Å². The Morgan fingerprint density at radius 3 is 2.78 bits per heavy atom. The number of hydrogen-bond donors (Lipinski definition) is 4. The van der Waals surface area contributed by atoms with Crippen molar-refractivity contribution in [1.29, 1.82) is 0 Å². The lowest BCUT2D eigenvalue weighted by molar-refractivity contribution is -0.159. The Bertz CT molecular complexity index is 1890. The summed E-state index contributed by atoms with van der Waals surface area (Å²) in [5.74, 6) is -2.63. The molecule has 3 amide bonds. The number of hydrogen-bond acceptors (Lipinski definition) is 12. The van der Waals surface area contributed by atoms with Gasteiger partial charge in [0, 0.05) is 50.2 Å². The largest absolute Gasteiger partial charge is 0.460 e.